The molecule has 1 nitrogen and oxygen atoms in total. The molecule has 0 saturated heterocycles. The van der Waals surface area contributed by atoms with Crippen molar-refractivity contribution >= 4 is 5.69 Å². The van der Waals surface area contributed by atoms with Crippen molar-refractivity contribution in [3.8, 4) is 0 Å². The first kappa shape index (κ1) is 11.0. The molecule has 1 aromatic carbocycles. The summed E-state index contributed by atoms with van der Waals surface area (Å²) in [4.78, 5) is 0. The van der Waals surface area contributed by atoms with Gasteiger partial charge in [0, 0.05) is 12.6 Å². The number of aryl methyl sites for hydroxylation is 1. The molecule has 78 valence electrons. The zero-order chi connectivity index (χ0) is 10.7. The maximum atomic E-state index is 13.3. The molecular weight excluding hydrogens is 184 g/mol. The predicted molar refractivity (Wildman–Crippen MR) is 54.4 cm³/mol. The summed E-state index contributed by atoms with van der Waals surface area (Å²) in [5, 5.41) is 2.87. The van der Waals surface area contributed by atoms with Crippen LogP contribution in [-0.4, -0.2) is 6.54 Å². The summed E-state index contributed by atoms with van der Waals surface area (Å²) in [5.41, 5.74) is 0.569. The molecule has 0 amide bonds. The van der Waals surface area contributed by atoms with Gasteiger partial charge >= 0.3 is 0 Å². The summed E-state index contributed by atoms with van der Waals surface area (Å²) < 4.78 is 26.3. The Labute approximate surface area is 83.1 Å². The molecule has 0 bridgehead atoms. The van der Waals surface area contributed by atoms with Gasteiger partial charge in [-0.25, -0.2) is 8.78 Å². The van der Waals surface area contributed by atoms with Gasteiger partial charge in [0.15, 0.2) is 0 Å². The molecule has 0 aliphatic rings. The van der Waals surface area contributed by atoms with Gasteiger partial charge in [-0.2, -0.15) is 0 Å². The summed E-state index contributed by atoms with van der Waals surface area (Å²) in [6, 6.07) is 2.41. The fourth-order valence-corrected chi connectivity index (χ4v) is 1.10. The van der Waals surface area contributed by atoms with E-state index in [1.165, 1.54) is 12.1 Å². The van der Waals surface area contributed by atoms with E-state index in [1.54, 1.807) is 6.92 Å². The van der Waals surface area contributed by atoms with Gasteiger partial charge in [0.05, 0.1) is 5.69 Å². The van der Waals surface area contributed by atoms with Crippen LogP contribution in [0.15, 0.2) is 12.1 Å². The molecular formula is C11H15F2N. The molecule has 1 rings (SSSR count). The van der Waals surface area contributed by atoms with E-state index in [0.29, 0.717) is 18.0 Å². The number of rotatable bonds is 3. The summed E-state index contributed by atoms with van der Waals surface area (Å²) in [7, 11) is 0. The lowest BCUT2D eigenvalue weighted by Gasteiger charge is -2.10. The first-order valence-electron chi connectivity index (χ1n) is 4.70. The van der Waals surface area contributed by atoms with Gasteiger partial charge in [-0.3, -0.25) is 0 Å². The minimum atomic E-state index is -0.399. The molecule has 0 spiro atoms. The first-order chi connectivity index (χ1) is 6.50. The number of hydrogen-bond acceptors (Lipinski definition) is 1. The number of hydrogen-bond donors (Lipinski definition) is 1. The van der Waals surface area contributed by atoms with Gasteiger partial charge in [-0.05, 0) is 24.5 Å². The molecule has 0 unspecified atom stereocenters. The number of nitrogens with one attached hydrogen (secondary N) is 1. The molecule has 0 fully saturated rings. The van der Waals surface area contributed by atoms with E-state index < -0.39 is 5.82 Å². The first-order valence-corrected chi connectivity index (χ1v) is 4.70. The summed E-state index contributed by atoms with van der Waals surface area (Å²) in [6.07, 6.45) is 0. The average Bonchev–Trinajstić information content (AvgIpc) is 2.09. The van der Waals surface area contributed by atoms with Crippen LogP contribution in [0.4, 0.5) is 14.5 Å². The molecule has 3 heteroatoms. The van der Waals surface area contributed by atoms with Crippen molar-refractivity contribution in [2.45, 2.75) is 20.8 Å². The SMILES string of the molecule is Cc1cc(F)c(NCC(C)C)cc1F. The Morgan fingerprint density at radius 2 is 1.86 bits per heavy atom. The second-order valence-electron chi connectivity index (χ2n) is 3.86. The molecule has 0 aromatic heterocycles. The lowest BCUT2D eigenvalue weighted by atomic mass is 10.2. The predicted octanol–water partition coefficient (Wildman–Crippen LogP) is 3.34. The molecule has 0 saturated carbocycles. The molecule has 0 heterocycles. The third-order valence-electron chi connectivity index (χ3n) is 1.95. The van der Waals surface area contributed by atoms with Crippen molar-refractivity contribution in [2.75, 3.05) is 11.9 Å². The minimum Gasteiger partial charge on any atom is -0.382 e. The third kappa shape index (κ3) is 2.69. The third-order valence-corrected chi connectivity index (χ3v) is 1.95. The topological polar surface area (TPSA) is 12.0 Å². The molecule has 0 aliphatic heterocycles. The Bertz CT molecular complexity index is 321. The van der Waals surface area contributed by atoms with Gasteiger partial charge in [-0.15, -0.1) is 0 Å². The fraction of sp³-hybridized carbons (Fsp3) is 0.455. The van der Waals surface area contributed by atoms with Crippen molar-refractivity contribution in [3.63, 3.8) is 0 Å². The Balaban J connectivity index is 2.82. The van der Waals surface area contributed by atoms with Gasteiger partial charge in [0.2, 0.25) is 0 Å². The van der Waals surface area contributed by atoms with Crippen LogP contribution < -0.4 is 5.32 Å². The Morgan fingerprint density at radius 1 is 1.21 bits per heavy atom. The van der Waals surface area contributed by atoms with Crippen molar-refractivity contribution in [3.05, 3.63) is 29.3 Å². The van der Waals surface area contributed by atoms with E-state index in [2.05, 4.69) is 5.32 Å². The second kappa shape index (κ2) is 4.40. The Kier molecular flexibility index (Phi) is 3.44. The maximum absolute atomic E-state index is 13.3. The normalized spacial score (nSPS) is 10.7. The van der Waals surface area contributed by atoms with Crippen LogP contribution in [0, 0.1) is 24.5 Å². The van der Waals surface area contributed by atoms with Crippen LogP contribution >= 0.6 is 0 Å². The Hall–Kier alpha value is -1.12. The van der Waals surface area contributed by atoms with Gasteiger partial charge in [0.1, 0.15) is 11.6 Å². The number of halogens is 2. The molecule has 0 atom stereocenters. The monoisotopic (exact) mass is 199 g/mol. The summed E-state index contributed by atoms with van der Waals surface area (Å²) in [5.74, 6) is -0.374. The van der Waals surface area contributed by atoms with Crippen LogP contribution in [0.3, 0.4) is 0 Å². The van der Waals surface area contributed by atoms with Crippen molar-refractivity contribution in [2.24, 2.45) is 5.92 Å². The van der Waals surface area contributed by atoms with Crippen LogP contribution in [0.2, 0.25) is 0 Å². The Morgan fingerprint density at radius 3 is 2.43 bits per heavy atom. The number of benzene rings is 1. The van der Waals surface area contributed by atoms with Gasteiger partial charge in [-0.1, -0.05) is 13.8 Å². The van der Waals surface area contributed by atoms with Gasteiger partial charge in [0.25, 0.3) is 0 Å². The number of anilines is 1. The molecule has 1 N–H and O–H groups in total. The van der Waals surface area contributed by atoms with Crippen molar-refractivity contribution < 1.29 is 8.78 Å². The second-order valence-corrected chi connectivity index (χ2v) is 3.86. The standard InChI is InChI=1S/C11H15F2N/c1-7(2)6-14-11-5-9(12)8(3)4-10(11)13/h4-5,7,14H,6H2,1-3H3. The fourth-order valence-electron chi connectivity index (χ4n) is 1.10. The van der Waals surface area contributed by atoms with Crippen LogP contribution in [0.5, 0.6) is 0 Å². The summed E-state index contributed by atoms with van der Waals surface area (Å²) in [6.45, 7) is 6.20. The van der Waals surface area contributed by atoms with E-state index >= 15 is 0 Å². The van der Waals surface area contributed by atoms with Crippen molar-refractivity contribution in [1.29, 1.82) is 0 Å². The minimum absolute atomic E-state index is 0.238. The highest BCUT2D eigenvalue weighted by Gasteiger charge is 2.06. The van der Waals surface area contributed by atoms with E-state index in [1.807, 2.05) is 13.8 Å². The molecule has 0 aliphatic carbocycles. The van der Waals surface area contributed by atoms with E-state index in [9.17, 15) is 8.78 Å². The van der Waals surface area contributed by atoms with Crippen molar-refractivity contribution in [1.82, 2.24) is 0 Å². The highest BCUT2D eigenvalue weighted by molar-refractivity contribution is 5.46. The van der Waals surface area contributed by atoms with Gasteiger partial charge < -0.3 is 5.32 Å². The van der Waals surface area contributed by atoms with E-state index in [4.69, 9.17) is 0 Å². The van der Waals surface area contributed by atoms with Crippen LogP contribution in [0.25, 0.3) is 0 Å². The maximum Gasteiger partial charge on any atom is 0.146 e. The average molecular weight is 199 g/mol. The van der Waals surface area contributed by atoms with E-state index in [0.717, 1.165) is 0 Å². The molecule has 14 heavy (non-hydrogen) atoms. The van der Waals surface area contributed by atoms with Crippen LogP contribution in [0.1, 0.15) is 19.4 Å². The highest BCUT2D eigenvalue weighted by atomic mass is 19.1. The van der Waals surface area contributed by atoms with Crippen LogP contribution in [-0.2, 0) is 0 Å². The lowest BCUT2D eigenvalue weighted by Crippen LogP contribution is -2.09. The molecule has 0 radical (unpaired) electrons. The summed E-state index contributed by atoms with van der Waals surface area (Å²) >= 11 is 0. The van der Waals surface area contributed by atoms with E-state index in [-0.39, 0.29) is 11.5 Å². The quantitative estimate of drug-likeness (QED) is 0.787. The largest absolute Gasteiger partial charge is 0.382 e. The highest BCUT2D eigenvalue weighted by Crippen LogP contribution is 2.18. The lowest BCUT2D eigenvalue weighted by molar-refractivity contribution is 0.591. The smallest absolute Gasteiger partial charge is 0.146 e. The zero-order valence-electron chi connectivity index (χ0n) is 8.70. The molecule has 1 aromatic rings. The zero-order valence-corrected chi connectivity index (χ0v) is 8.70.